The van der Waals surface area contributed by atoms with Crippen LogP contribution in [0.1, 0.15) is 37.5 Å². The van der Waals surface area contributed by atoms with Crippen LogP contribution in [0.4, 0.5) is 0 Å². The average molecular weight is 440 g/mol. The molecule has 2 aromatic carbocycles. The second kappa shape index (κ2) is 9.51. The highest BCUT2D eigenvalue weighted by molar-refractivity contribution is 8.66. The Hall–Kier alpha value is -2.23. The zero-order valence-corrected chi connectivity index (χ0v) is 18.2. The molecule has 9 heteroatoms. The molecule has 0 bridgehead atoms. The molecule has 0 unspecified atom stereocenters. The van der Waals surface area contributed by atoms with Gasteiger partial charge in [0.15, 0.2) is 0 Å². The van der Waals surface area contributed by atoms with Crippen LogP contribution in [0.25, 0.3) is 0 Å². The van der Waals surface area contributed by atoms with Crippen molar-refractivity contribution in [3.63, 3.8) is 0 Å². The number of ether oxygens (including phenoxy) is 1. The minimum absolute atomic E-state index is 0.105. The first-order chi connectivity index (χ1) is 13.6. The van der Waals surface area contributed by atoms with Crippen LogP contribution in [-0.4, -0.2) is 39.4 Å². The highest BCUT2D eigenvalue weighted by Gasteiger charge is 2.40. The van der Waals surface area contributed by atoms with Crippen LogP contribution >= 0.6 is 0 Å². The molecule has 0 aliphatic rings. The second-order valence-electron chi connectivity index (χ2n) is 6.61. The summed E-state index contributed by atoms with van der Waals surface area (Å²) in [5.74, 6) is -0.512. The van der Waals surface area contributed by atoms with Gasteiger partial charge in [0.1, 0.15) is 6.10 Å². The van der Waals surface area contributed by atoms with Gasteiger partial charge < -0.3 is 4.74 Å². The summed E-state index contributed by atoms with van der Waals surface area (Å²) < 4.78 is 56.4. The molecule has 0 spiro atoms. The molecule has 2 aromatic rings. The summed E-state index contributed by atoms with van der Waals surface area (Å²) in [6.45, 7) is 2.99. The number of benzene rings is 2. The lowest BCUT2D eigenvalue weighted by Gasteiger charge is -2.33. The van der Waals surface area contributed by atoms with E-state index in [0.29, 0.717) is 17.4 Å². The molecule has 0 saturated heterocycles. The van der Waals surface area contributed by atoms with Crippen molar-refractivity contribution in [2.24, 2.45) is 0 Å². The molecule has 2 atom stereocenters. The van der Waals surface area contributed by atoms with Crippen molar-refractivity contribution in [1.82, 2.24) is 4.31 Å². The molecule has 7 nitrogen and oxygen atoms in total. The summed E-state index contributed by atoms with van der Waals surface area (Å²) in [7, 11) is -9.18. The summed E-state index contributed by atoms with van der Waals surface area (Å²) in [4.78, 5) is 12.0. The molecule has 0 saturated carbocycles. The highest BCUT2D eigenvalue weighted by Crippen LogP contribution is 2.30. The van der Waals surface area contributed by atoms with Crippen LogP contribution in [-0.2, 0) is 34.0 Å². The van der Waals surface area contributed by atoms with Gasteiger partial charge in [-0.2, -0.15) is 12.7 Å². The Morgan fingerprint density at radius 3 is 1.97 bits per heavy atom. The summed E-state index contributed by atoms with van der Waals surface area (Å²) in [6, 6.07) is 16.3. The van der Waals surface area contributed by atoms with Crippen molar-refractivity contribution in [3.05, 3.63) is 71.8 Å². The van der Waals surface area contributed by atoms with Crippen molar-refractivity contribution < 1.29 is 26.4 Å². The van der Waals surface area contributed by atoms with E-state index in [2.05, 4.69) is 0 Å². The maximum Gasteiger partial charge on any atom is 0.320 e. The van der Waals surface area contributed by atoms with E-state index in [1.807, 2.05) is 0 Å². The summed E-state index contributed by atoms with van der Waals surface area (Å²) >= 11 is 0. The predicted octanol–water partition coefficient (Wildman–Crippen LogP) is 2.86. The lowest BCUT2D eigenvalue weighted by atomic mass is 10.0. The third kappa shape index (κ3) is 5.65. The number of hydrogen-bond donors (Lipinski definition) is 0. The summed E-state index contributed by atoms with van der Waals surface area (Å²) in [6.07, 6.45) is -0.209. The molecular weight excluding hydrogens is 414 g/mol. The molecule has 2 rings (SSSR count). The SMILES string of the molecule is CCC(=O)O[C@@H](c1ccccc1)[C@@H](C)N(Cc1ccccc1)S(=O)(=O)S(C)(=O)=O. The summed E-state index contributed by atoms with van der Waals surface area (Å²) in [5, 5.41) is 0. The molecule has 0 amide bonds. The van der Waals surface area contributed by atoms with Crippen LogP contribution in [0.3, 0.4) is 0 Å². The first-order valence-corrected chi connectivity index (χ1v) is 12.9. The topological polar surface area (TPSA) is 97.8 Å². The van der Waals surface area contributed by atoms with Gasteiger partial charge in [-0.05, 0) is 18.1 Å². The van der Waals surface area contributed by atoms with Crippen molar-refractivity contribution >= 4 is 23.9 Å². The first kappa shape index (κ1) is 23.1. The minimum atomic E-state index is -4.72. The van der Waals surface area contributed by atoms with E-state index in [1.54, 1.807) is 67.6 Å². The van der Waals surface area contributed by atoms with E-state index < -0.39 is 36.0 Å². The Morgan fingerprint density at radius 1 is 0.966 bits per heavy atom. The van der Waals surface area contributed by atoms with Gasteiger partial charge in [-0.25, -0.2) is 8.42 Å². The van der Waals surface area contributed by atoms with Gasteiger partial charge in [-0.1, -0.05) is 67.6 Å². The molecule has 29 heavy (non-hydrogen) atoms. The van der Waals surface area contributed by atoms with E-state index in [-0.39, 0.29) is 13.0 Å². The maximum absolute atomic E-state index is 12.9. The molecule has 0 heterocycles. The fourth-order valence-corrected chi connectivity index (χ4v) is 5.61. The van der Waals surface area contributed by atoms with Gasteiger partial charge in [0.05, 0.1) is 12.3 Å². The largest absolute Gasteiger partial charge is 0.456 e. The summed E-state index contributed by atoms with van der Waals surface area (Å²) in [5.41, 5.74) is 1.18. The molecule has 0 fully saturated rings. The van der Waals surface area contributed by atoms with Crippen molar-refractivity contribution in [2.75, 3.05) is 6.26 Å². The second-order valence-corrected chi connectivity index (χ2v) is 12.4. The predicted molar refractivity (Wildman–Crippen MR) is 111 cm³/mol. The van der Waals surface area contributed by atoms with Gasteiger partial charge in [0, 0.05) is 13.0 Å². The molecule has 0 aromatic heterocycles. The maximum atomic E-state index is 12.9. The number of rotatable bonds is 9. The van der Waals surface area contributed by atoms with Crippen LogP contribution in [0.2, 0.25) is 0 Å². The number of carbonyl (C=O) groups excluding carboxylic acids is 1. The number of nitrogens with zero attached hydrogens (tertiary/aromatic N) is 1. The van der Waals surface area contributed by atoms with Gasteiger partial charge in [0.2, 0.25) is 0 Å². The lowest BCUT2D eigenvalue weighted by Crippen LogP contribution is -2.45. The normalized spacial score (nSPS) is 14.3. The number of esters is 1. The van der Waals surface area contributed by atoms with E-state index in [1.165, 1.54) is 6.92 Å². The van der Waals surface area contributed by atoms with Crippen LogP contribution in [0.5, 0.6) is 0 Å². The molecule has 0 aliphatic heterocycles. The molecule has 0 aliphatic carbocycles. The van der Waals surface area contributed by atoms with Crippen molar-refractivity contribution in [2.45, 2.75) is 39.0 Å². The lowest BCUT2D eigenvalue weighted by molar-refractivity contribution is -0.151. The van der Waals surface area contributed by atoms with Crippen LogP contribution in [0, 0.1) is 0 Å². The zero-order valence-electron chi connectivity index (χ0n) is 16.6. The Morgan fingerprint density at radius 2 is 1.48 bits per heavy atom. The van der Waals surface area contributed by atoms with E-state index in [9.17, 15) is 21.6 Å². The van der Waals surface area contributed by atoms with E-state index in [0.717, 1.165) is 4.31 Å². The highest BCUT2D eigenvalue weighted by atomic mass is 33.2. The molecule has 0 N–H and O–H groups in total. The van der Waals surface area contributed by atoms with E-state index in [4.69, 9.17) is 4.74 Å². The Bertz CT molecular complexity index is 1020. The van der Waals surface area contributed by atoms with Gasteiger partial charge in [0.25, 0.3) is 8.87 Å². The minimum Gasteiger partial charge on any atom is -0.456 e. The van der Waals surface area contributed by atoms with Gasteiger partial charge in [-0.15, -0.1) is 0 Å². The molecular formula is C20H25NO6S2. The molecule has 158 valence electrons. The monoisotopic (exact) mass is 439 g/mol. The third-order valence-electron chi connectivity index (χ3n) is 4.42. The smallest absolute Gasteiger partial charge is 0.320 e. The Kier molecular flexibility index (Phi) is 7.56. The quantitative estimate of drug-likeness (QED) is 0.440. The Balaban J connectivity index is 2.54. The Labute approximate surface area is 171 Å². The fraction of sp³-hybridized carbons (Fsp3) is 0.350. The van der Waals surface area contributed by atoms with Crippen LogP contribution < -0.4 is 0 Å². The number of carbonyl (C=O) groups is 1. The van der Waals surface area contributed by atoms with Crippen LogP contribution in [0.15, 0.2) is 60.7 Å². The van der Waals surface area contributed by atoms with Gasteiger partial charge >= 0.3 is 15.0 Å². The fourth-order valence-electron chi connectivity index (χ4n) is 2.83. The van der Waals surface area contributed by atoms with Crippen molar-refractivity contribution in [3.8, 4) is 0 Å². The van der Waals surface area contributed by atoms with Crippen molar-refractivity contribution in [1.29, 1.82) is 0 Å². The average Bonchev–Trinajstić information content (AvgIpc) is 2.70. The zero-order chi connectivity index (χ0) is 21.7. The first-order valence-electron chi connectivity index (χ1n) is 9.08. The van der Waals surface area contributed by atoms with E-state index >= 15 is 0 Å². The standard InChI is InChI=1S/C20H25NO6S2/c1-4-19(22)27-20(18-13-9-6-10-14-18)16(2)21(29(25,26)28(3,23)24)15-17-11-7-5-8-12-17/h5-14,16,20H,4,15H2,1-3H3/t16-,20-/m1/s1. The van der Waals surface area contributed by atoms with Gasteiger partial charge in [-0.3, -0.25) is 4.79 Å². The third-order valence-corrected chi connectivity index (χ3v) is 9.09. The number of hydrogen-bond acceptors (Lipinski definition) is 6. The molecule has 0 radical (unpaired) electrons.